The molecule has 3 heterocycles. The minimum atomic E-state index is -1.01. The van der Waals surface area contributed by atoms with Gasteiger partial charge in [-0.25, -0.2) is 4.79 Å². The van der Waals surface area contributed by atoms with Gasteiger partial charge in [0.15, 0.2) is 6.10 Å². The number of aryl methyl sites for hydroxylation is 1. The number of carbonyl (C=O) groups is 2. The Morgan fingerprint density at radius 3 is 2.83 bits per heavy atom. The summed E-state index contributed by atoms with van der Waals surface area (Å²) in [5, 5.41) is 20.1. The fourth-order valence-corrected chi connectivity index (χ4v) is 3.15. The van der Waals surface area contributed by atoms with Gasteiger partial charge in [0.05, 0.1) is 0 Å². The van der Waals surface area contributed by atoms with Crippen LogP contribution in [0, 0.1) is 0 Å². The van der Waals surface area contributed by atoms with E-state index in [4.69, 9.17) is 9.84 Å². The van der Waals surface area contributed by atoms with Crippen molar-refractivity contribution in [2.24, 2.45) is 0 Å². The van der Waals surface area contributed by atoms with E-state index in [-0.39, 0.29) is 5.91 Å². The lowest BCUT2D eigenvalue weighted by atomic mass is 10.2. The molecule has 0 unspecified atom stereocenters. The molecular formula is C15H22N4O4. The molecule has 1 aromatic rings. The maximum Gasteiger partial charge on any atom is 0.332 e. The third kappa shape index (κ3) is 3.69. The first kappa shape index (κ1) is 15.9. The number of aromatic nitrogens is 3. The number of carbonyl (C=O) groups excluding carboxylic acids is 1. The smallest absolute Gasteiger partial charge is 0.332 e. The quantitative estimate of drug-likeness (QED) is 0.807. The number of hydrogen-bond donors (Lipinski definition) is 2. The fraction of sp³-hybridized carbons (Fsp3) is 0.733. The average Bonchev–Trinajstić information content (AvgIpc) is 3.10. The van der Waals surface area contributed by atoms with Gasteiger partial charge in [0.1, 0.15) is 17.8 Å². The van der Waals surface area contributed by atoms with E-state index in [2.05, 4.69) is 20.1 Å². The second-order valence-electron chi connectivity index (χ2n) is 6.06. The highest BCUT2D eigenvalue weighted by Gasteiger charge is 2.34. The van der Waals surface area contributed by atoms with E-state index in [9.17, 15) is 9.59 Å². The molecule has 1 aromatic heterocycles. The number of aliphatic carboxylic acids is 1. The lowest BCUT2D eigenvalue weighted by Crippen LogP contribution is -2.36. The molecule has 126 valence electrons. The molecule has 2 aliphatic rings. The molecule has 1 fully saturated rings. The van der Waals surface area contributed by atoms with E-state index in [1.54, 1.807) is 0 Å². The molecule has 8 heteroatoms. The van der Waals surface area contributed by atoms with Gasteiger partial charge in [-0.3, -0.25) is 4.79 Å². The minimum Gasteiger partial charge on any atom is -0.479 e. The first-order valence-corrected chi connectivity index (χ1v) is 8.22. The standard InChI is InChI=1S/C15H22N4O4/c20-14(10-5-6-11(23-10)15(21)22)16-8-7-13-18-17-12-4-2-1-3-9-19(12)13/h10-11H,1-9H2,(H,16,20)(H,21,22)/t10-,11+/m0/s1. The third-order valence-corrected chi connectivity index (χ3v) is 4.42. The van der Waals surface area contributed by atoms with Crippen LogP contribution < -0.4 is 5.32 Å². The Hall–Kier alpha value is -1.96. The summed E-state index contributed by atoms with van der Waals surface area (Å²) in [6.07, 6.45) is 4.39. The normalized spacial score (nSPS) is 24.0. The SMILES string of the molecule is O=C(NCCc1nnc2n1CCCCC2)[C@@H]1CC[C@H](C(=O)O)O1. The number of hydrogen-bond acceptors (Lipinski definition) is 5. The van der Waals surface area contributed by atoms with Crippen molar-refractivity contribution in [2.75, 3.05) is 6.54 Å². The van der Waals surface area contributed by atoms with E-state index in [1.807, 2.05) is 0 Å². The highest BCUT2D eigenvalue weighted by molar-refractivity contribution is 5.82. The monoisotopic (exact) mass is 322 g/mol. The van der Waals surface area contributed by atoms with Crippen molar-refractivity contribution in [3.8, 4) is 0 Å². The van der Waals surface area contributed by atoms with E-state index in [0.29, 0.717) is 25.8 Å². The number of nitrogens with zero attached hydrogens (tertiary/aromatic N) is 3. The van der Waals surface area contributed by atoms with Crippen LogP contribution in [-0.4, -0.2) is 50.5 Å². The van der Waals surface area contributed by atoms with Gasteiger partial charge in [0, 0.05) is 25.9 Å². The van der Waals surface area contributed by atoms with Crippen LogP contribution >= 0.6 is 0 Å². The number of carboxylic acid groups (broad SMARTS) is 1. The van der Waals surface area contributed by atoms with Crippen molar-refractivity contribution in [3.63, 3.8) is 0 Å². The summed E-state index contributed by atoms with van der Waals surface area (Å²) >= 11 is 0. The van der Waals surface area contributed by atoms with Crippen LogP contribution in [0.1, 0.15) is 43.8 Å². The van der Waals surface area contributed by atoms with Gasteiger partial charge in [-0.2, -0.15) is 0 Å². The molecule has 0 saturated carbocycles. The summed E-state index contributed by atoms with van der Waals surface area (Å²) in [6.45, 7) is 1.40. The first-order valence-electron chi connectivity index (χ1n) is 8.22. The molecule has 0 radical (unpaired) electrons. The largest absolute Gasteiger partial charge is 0.479 e. The summed E-state index contributed by atoms with van der Waals surface area (Å²) < 4.78 is 7.39. The highest BCUT2D eigenvalue weighted by atomic mass is 16.5. The van der Waals surface area contributed by atoms with Crippen LogP contribution in [0.2, 0.25) is 0 Å². The van der Waals surface area contributed by atoms with Gasteiger partial charge in [-0.1, -0.05) is 6.42 Å². The number of ether oxygens (including phenoxy) is 1. The van der Waals surface area contributed by atoms with E-state index >= 15 is 0 Å². The summed E-state index contributed by atoms with van der Waals surface area (Å²) in [4.78, 5) is 22.8. The fourth-order valence-electron chi connectivity index (χ4n) is 3.15. The summed E-state index contributed by atoms with van der Waals surface area (Å²) in [7, 11) is 0. The zero-order valence-corrected chi connectivity index (χ0v) is 13.0. The molecule has 2 aliphatic heterocycles. The van der Waals surface area contributed by atoms with Gasteiger partial charge in [0.2, 0.25) is 5.91 Å². The maximum atomic E-state index is 12.0. The van der Waals surface area contributed by atoms with Crippen molar-refractivity contribution in [1.29, 1.82) is 0 Å². The Kier molecular flexibility index (Phi) is 4.90. The molecule has 1 saturated heterocycles. The average molecular weight is 322 g/mol. The van der Waals surface area contributed by atoms with Crippen molar-refractivity contribution in [2.45, 2.75) is 63.7 Å². The van der Waals surface area contributed by atoms with Crippen LogP contribution in [-0.2, 0) is 33.7 Å². The summed E-state index contributed by atoms with van der Waals surface area (Å²) in [6, 6.07) is 0. The van der Waals surface area contributed by atoms with Gasteiger partial charge >= 0.3 is 5.97 Å². The number of rotatable bonds is 5. The second kappa shape index (κ2) is 7.08. The lowest BCUT2D eigenvalue weighted by Gasteiger charge is -2.12. The topological polar surface area (TPSA) is 106 Å². The molecular weight excluding hydrogens is 300 g/mol. The minimum absolute atomic E-state index is 0.246. The molecule has 2 atom stereocenters. The van der Waals surface area contributed by atoms with Crippen molar-refractivity contribution < 1.29 is 19.4 Å². The molecule has 1 amide bonds. The van der Waals surface area contributed by atoms with Crippen molar-refractivity contribution in [1.82, 2.24) is 20.1 Å². The number of carboxylic acids is 1. The van der Waals surface area contributed by atoms with Gasteiger partial charge < -0.3 is 19.7 Å². The zero-order valence-electron chi connectivity index (χ0n) is 13.0. The second-order valence-corrected chi connectivity index (χ2v) is 6.06. The molecule has 0 spiro atoms. The van der Waals surface area contributed by atoms with Gasteiger partial charge in [-0.05, 0) is 25.7 Å². The molecule has 8 nitrogen and oxygen atoms in total. The Morgan fingerprint density at radius 1 is 1.22 bits per heavy atom. The Morgan fingerprint density at radius 2 is 2.04 bits per heavy atom. The van der Waals surface area contributed by atoms with E-state index in [0.717, 1.165) is 37.5 Å². The molecule has 0 bridgehead atoms. The van der Waals surface area contributed by atoms with Crippen molar-refractivity contribution >= 4 is 11.9 Å². The number of fused-ring (bicyclic) bond motifs is 1. The lowest BCUT2D eigenvalue weighted by molar-refractivity contribution is -0.151. The molecule has 0 aromatic carbocycles. The first-order chi connectivity index (χ1) is 11.1. The molecule has 3 rings (SSSR count). The number of amides is 1. The third-order valence-electron chi connectivity index (χ3n) is 4.42. The van der Waals surface area contributed by atoms with Crippen LogP contribution in [0.25, 0.3) is 0 Å². The van der Waals surface area contributed by atoms with Gasteiger partial charge in [-0.15, -0.1) is 10.2 Å². The number of nitrogens with one attached hydrogen (secondary N) is 1. The summed E-state index contributed by atoms with van der Waals surface area (Å²) in [5.74, 6) is 0.681. The Bertz CT molecular complexity index is 586. The van der Waals surface area contributed by atoms with Crippen LogP contribution in [0.4, 0.5) is 0 Å². The predicted octanol–water partition coefficient (Wildman–Crippen LogP) is 0.295. The van der Waals surface area contributed by atoms with E-state index in [1.165, 1.54) is 6.42 Å². The van der Waals surface area contributed by atoms with Crippen LogP contribution in [0.3, 0.4) is 0 Å². The van der Waals surface area contributed by atoms with Crippen LogP contribution in [0.15, 0.2) is 0 Å². The Labute approximate surface area is 134 Å². The molecule has 0 aliphatic carbocycles. The Balaban J connectivity index is 1.47. The summed E-state index contributed by atoms with van der Waals surface area (Å²) in [5.41, 5.74) is 0. The highest BCUT2D eigenvalue weighted by Crippen LogP contribution is 2.20. The molecule has 23 heavy (non-hydrogen) atoms. The van der Waals surface area contributed by atoms with Gasteiger partial charge in [0.25, 0.3) is 0 Å². The van der Waals surface area contributed by atoms with Crippen LogP contribution in [0.5, 0.6) is 0 Å². The predicted molar refractivity (Wildman–Crippen MR) is 79.8 cm³/mol. The maximum absolute atomic E-state index is 12.0. The zero-order chi connectivity index (χ0) is 16.2. The van der Waals surface area contributed by atoms with E-state index < -0.39 is 18.2 Å². The molecule has 2 N–H and O–H groups in total. The van der Waals surface area contributed by atoms with Crippen molar-refractivity contribution in [3.05, 3.63) is 11.6 Å².